The van der Waals surface area contributed by atoms with E-state index in [0.717, 1.165) is 19.3 Å². The lowest BCUT2D eigenvalue weighted by Gasteiger charge is -2.25. The number of nitrogens with one attached hydrogen (secondary N) is 1. The first-order valence-corrected chi connectivity index (χ1v) is 7.95. The third-order valence-electron chi connectivity index (χ3n) is 3.90. The van der Waals surface area contributed by atoms with Crippen molar-refractivity contribution < 1.29 is 18.9 Å². The van der Waals surface area contributed by atoms with E-state index >= 15 is 0 Å². The molecule has 0 aromatic heterocycles. The van der Waals surface area contributed by atoms with E-state index in [2.05, 4.69) is 5.32 Å². The Labute approximate surface area is 109 Å². The van der Waals surface area contributed by atoms with E-state index in [1.54, 1.807) is 0 Å². The molecule has 0 aromatic rings. The number of carbonyl (C=O) groups excluding carboxylic acids is 1. The largest absolute Gasteiger partial charge is 0.481 e. The number of carbonyl (C=O) groups is 2. The van der Waals surface area contributed by atoms with Gasteiger partial charge in [-0.3, -0.25) is 13.8 Å². The van der Waals surface area contributed by atoms with Crippen LogP contribution in [0.5, 0.6) is 0 Å². The molecule has 6 heteroatoms. The van der Waals surface area contributed by atoms with Crippen LogP contribution < -0.4 is 5.32 Å². The molecule has 102 valence electrons. The molecule has 0 aromatic carbocycles. The molecule has 1 saturated heterocycles. The zero-order valence-corrected chi connectivity index (χ0v) is 11.1. The lowest BCUT2D eigenvalue weighted by Crippen LogP contribution is -2.44. The zero-order chi connectivity index (χ0) is 13.1. The average Bonchev–Trinajstić information content (AvgIpc) is 2.81. The number of rotatable bonds is 3. The molecule has 2 N–H and O–H groups in total. The molecule has 5 nitrogen and oxygen atoms in total. The predicted molar refractivity (Wildman–Crippen MR) is 67.5 cm³/mol. The number of carboxylic acid groups (broad SMARTS) is 1. The molecule has 0 spiro atoms. The van der Waals surface area contributed by atoms with Crippen LogP contribution >= 0.6 is 0 Å². The molecule has 2 rings (SSSR count). The molecule has 1 aliphatic carbocycles. The van der Waals surface area contributed by atoms with E-state index in [1.807, 2.05) is 0 Å². The molecule has 2 atom stereocenters. The van der Waals surface area contributed by atoms with Crippen LogP contribution in [0.15, 0.2) is 0 Å². The van der Waals surface area contributed by atoms with E-state index < -0.39 is 22.7 Å². The summed E-state index contributed by atoms with van der Waals surface area (Å²) >= 11 is 0. The molecule has 1 saturated carbocycles. The number of carboxylic acids is 1. The van der Waals surface area contributed by atoms with Gasteiger partial charge in [-0.15, -0.1) is 0 Å². The SMILES string of the molecule is O=C(O)[C@H]1CCC[C@H]1C(=O)NC1CCS(=O)CC1. The van der Waals surface area contributed by atoms with Crippen LogP contribution in [0, 0.1) is 11.8 Å². The van der Waals surface area contributed by atoms with Crippen molar-refractivity contribution in [3.8, 4) is 0 Å². The van der Waals surface area contributed by atoms with Gasteiger partial charge in [0.25, 0.3) is 0 Å². The normalized spacial score (nSPS) is 36.2. The Hall–Kier alpha value is -0.910. The van der Waals surface area contributed by atoms with Gasteiger partial charge in [0.05, 0.1) is 11.8 Å². The molecular formula is C12H19NO4S. The maximum atomic E-state index is 12.1. The van der Waals surface area contributed by atoms with E-state index in [-0.39, 0.29) is 17.9 Å². The molecule has 18 heavy (non-hydrogen) atoms. The summed E-state index contributed by atoms with van der Waals surface area (Å²) in [5.41, 5.74) is 0. The zero-order valence-electron chi connectivity index (χ0n) is 10.3. The van der Waals surface area contributed by atoms with Gasteiger partial charge >= 0.3 is 5.97 Å². The fourth-order valence-electron chi connectivity index (χ4n) is 2.82. The van der Waals surface area contributed by atoms with Gasteiger partial charge in [0, 0.05) is 28.3 Å². The first-order valence-electron chi connectivity index (χ1n) is 6.46. The molecule has 1 aliphatic heterocycles. The van der Waals surface area contributed by atoms with Gasteiger partial charge in [-0.05, 0) is 25.7 Å². The van der Waals surface area contributed by atoms with E-state index in [4.69, 9.17) is 5.11 Å². The minimum Gasteiger partial charge on any atom is -0.481 e. The monoisotopic (exact) mass is 273 g/mol. The minimum atomic E-state index is -0.864. The molecular weight excluding hydrogens is 254 g/mol. The lowest BCUT2D eigenvalue weighted by molar-refractivity contribution is -0.146. The predicted octanol–water partition coefficient (Wildman–Crippen LogP) is 0.515. The van der Waals surface area contributed by atoms with Crippen molar-refractivity contribution in [3.63, 3.8) is 0 Å². The van der Waals surface area contributed by atoms with Crippen LogP contribution in [0.3, 0.4) is 0 Å². The highest BCUT2D eigenvalue weighted by molar-refractivity contribution is 7.85. The number of hydrogen-bond donors (Lipinski definition) is 2. The van der Waals surface area contributed by atoms with Gasteiger partial charge in [0.2, 0.25) is 5.91 Å². The first kappa shape index (κ1) is 13.5. The summed E-state index contributed by atoms with van der Waals surface area (Å²) in [6.45, 7) is 0. The van der Waals surface area contributed by atoms with Gasteiger partial charge in [0.1, 0.15) is 0 Å². The molecule has 2 fully saturated rings. The third-order valence-corrected chi connectivity index (χ3v) is 5.29. The van der Waals surface area contributed by atoms with Gasteiger partial charge in [-0.1, -0.05) is 6.42 Å². The van der Waals surface area contributed by atoms with Crippen molar-refractivity contribution in [3.05, 3.63) is 0 Å². The summed E-state index contributed by atoms with van der Waals surface area (Å²) in [6, 6.07) is 0.0743. The van der Waals surface area contributed by atoms with Gasteiger partial charge in [0.15, 0.2) is 0 Å². The average molecular weight is 273 g/mol. The summed E-state index contributed by atoms with van der Waals surface area (Å²) in [5.74, 6) is -0.622. The van der Waals surface area contributed by atoms with E-state index in [0.29, 0.717) is 24.3 Å². The fourth-order valence-corrected chi connectivity index (χ4v) is 4.11. The maximum absolute atomic E-state index is 12.1. The third kappa shape index (κ3) is 3.10. The van der Waals surface area contributed by atoms with Gasteiger partial charge in [-0.2, -0.15) is 0 Å². The number of hydrogen-bond acceptors (Lipinski definition) is 3. The molecule has 0 unspecified atom stereocenters. The second-order valence-electron chi connectivity index (χ2n) is 5.11. The minimum absolute atomic E-state index is 0.0743. The van der Waals surface area contributed by atoms with Crippen molar-refractivity contribution in [2.45, 2.75) is 38.1 Å². The van der Waals surface area contributed by atoms with E-state index in [1.165, 1.54) is 0 Å². The van der Waals surface area contributed by atoms with Gasteiger partial charge in [-0.25, -0.2) is 0 Å². The Bertz CT molecular complexity index is 361. The Morgan fingerprint density at radius 1 is 1.06 bits per heavy atom. The van der Waals surface area contributed by atoms with E-state index in [9.17, 15) is 13.8 Å². The van der Waals surface area contributed by atoms with Crippen LogP contribution in [-0.4, -0.2) is 38.7 Å². The van der Waals surface area contributed by atoms with Crippen molar-refractivity contribution in [1.29, 1.82) is 0 Å². The van der Waals surface area contributed by atoms with Crippen LogP contribution in [0.25, 0.3) is 0 Å². The van der Waals surface area contributed by atoms with Crippen LogP contribution in [0.1, 0.15) is 32.1 Å². The van der Waals surface area contributed by atoms with Crippen LogP contribution in [0.2, 0.25) is 0 Å². The Balaban J connectivity index is 1.87. The van der Waals surface area contributed by atoms with Crippen molar-refractivity contribution in [2.75, 3.05) is 11.5 Å². The summed E-state index contributed by atoms with van der Waals surface area (Å²) in [5, 5.41) is 12.0. The van der Waals surface area contributed by atoms with Crippen molar-refractivity contribution in [2.24, 2.45) is 11.8 Å². The fraction of sp³-hybridized carbons (Fsp3) is 0.833. The molecule has 0 bridgehead atoms. The second kappa shape index (κ2) is 5.82. The molecule has 0 radical (unpaired) electrons. The summed E-state index contributed by atoms with van der Waals surface area (Å²) in [7, 11) is -0.737. The van der Waals surface area contributed by atoms with Crippen molar-refractivity contribution in [1.82, 2.24) is 5.32 Å². The Kier molecular flexibility index (Phi) is 4.37. The summed E-state index contributed by atoms with van der Waals surface area (Å²) in [4.78, 5) is 23.1. The Morgan fingerprint density at radius 3 is 2.28 bits per heavy atom. The highest BCUT2D eigenvalue weighted by atomic mass is 32.2. The second-order valence-corrected chi connectivity index (χ2v) is 6.81. The van der Waals surface area contributed by atoms with Gasteiger partial charge < -0.3 is 10.4 Å². The quantitative estimate of drug-likeness (QED) is 0.785. The first-order chi connectivity index (χ1) is 8.58. The molecule has 1 amide bonds. The lowest BCUT2D eigenvalue weighted by atomic mass is 9.95. The molecule has 2 aliphatic rings. The summed E-state index contributed by atoms with van der Waals surface area (Å²) in [6.07, 6.45) is 3.55. The molecule has 1 heterocycles. The van der Waals surface area contributed by atoms with Crippen LogP contribution in [-0.2, 0) is 20.4 Å². The number of amides is 1. The highest BCUT2D eigenvalue weighted by Crippen LogP contribution is 2.32. The van der Waals surface area contributed by atoms with Crippen LogP contribution in [0.4, 0.5) is 0 Å². The standard InChI is InChI=1S/C12H19NO4S/c14-11(9-2-1-3-10(9)12(15)16)13-8-4-6-18(17)7-5-8/h8-10H,1-7H2,(H,13,14)(H,15,16)/t8?,9-,10+,18?/m1/s1. The summed E-state index contributed by atoms with van der Waals surface area (Å²) < 4.78 is 11.2. The Morgan fingerprint density at radius 2 is 1.67 bits per heavy atom. The smallest absolute Gasteiger partial charge is 0.307 e. The highest BCUT2D eigenvalue weighted by Gasteiger charge is 2.38. The maximum Gasteiger partial charge on any atom is 0.307 e. The van der Waals surface area contributed by atoms with Crippen molar-refractivity contribution >= 4 is 22.7 Å². The topological polar surface area (TPSA) is 83.5 Å². The number of aliphatic carboxylic acids is 1.